The van der Waals surface area contributed by atoms with E-state index >= 15 is 0 Å². The molecule has 0 aromatic heterocycles. The molecule has 0 saturated heterocycles. The fourth-order valence-corrected chi connectivity index (χ4v) is 2.53. The van der Waals surface area contributed by atoms with Gasteiger partial charge in [-0.2, -0.15) is 0 Å². The first-order chi connectivity index (χ1) is 13.5. The predicted octanol–water partition coefficient (Wildman–Crippen LogP) is 4.09. The Labute approximate surface area is 165 Å². The van der Waals surface area contributed by atoms with Crippen molar-refractivity contribution in [2.24, 2.45) is 0 Å². The van der Waals surface area contributed by atoms with Crippen LogP contribution in [0.15, 0.2) is 36.4 Å². The minimum atomic E-state index is -0.304. The standard InChI is InChI=1S/C21H26N2O5/c1-5-11-28-19-9-7-15(12-20(19)27-6-2)21(25)23-16-8-10-18(26-4)17(13-16)22-14(3)24/h7-10,12-13H,5-6,11H2,1-4H3,(H,22,24)(H,23,25). The molecule has 0 unspecified atom stereocenters. The molecule has 2 aromatic carbocycles. The molecule has 2 N–H and O–H groups in total. The van der Waals surface area contributed by atoms with Crippen molar-refractivity contribution in [3.05, 3.63) is 42.0 Å². The summed E-state index contributed by atoms with van der Waals surface area (Å²) in [4.78, 5) is 24.0. The normalized spacial score (nSPS) is 10.1. The van der Waals surface area contributed by atoms with Crippen molar-refractivity contribution in [1.29, 1.82) is 0 Å². The average molecular weight is 386 g/mol. The van der Waals surface area contributed by atoms with Crippen molar-refractivity contribution in [2.75, 3.05) is 31.0 Å². The summed E-state index contributed by atoms with van der Waals surface area (Å²) in [6.07, 6.45) is 0.877. The second kappa shape index (κ2) is 10.2. The molecule has 7 heteroatoms. The van der Waals surface area contributed by atoms with E-state index in [0.29, 0.717) is 47.4 Å². The van der Waals surface area contributed by atoms with Crippen molar-refractivity contribution in [3.8, 4) is 17.2 Å². The lowest BCUT2D eigenvalue weighted by Crippen LogP contribution is -2.13. The van der Waals surface area contributed by atoms with Gasteiger partial charge in [-0.25, -0.2) is 0 Å². The van der Waals surface area contributed by atoms with Gasteiger partial charge in [0, 0.05) is 18.2 Å². The quantitative estimate of drug-likeness (QED) is 0.678. The first-order valence-corrected chi connectivity index (χ1v) is 9.15. The van der Waals surface area contributed by atoms with Gasteiger partial charge < -0.3 is 24.8 Å². The molecule has 2 amide bonds. The van der Waals surface area contributed by atoms with E-state index in [0.717, 1.165) is 6.42 Å². The fourth-order valence-electron chi connectivity index (χ4n) is 2.53. The van der Waals surface area contributed by atoms with Gasteiger partial charge >= 0.3 is 0 Å². The van der Waals surface area contributed by atoms with Crippen LogP contribution >= 0.6 is 0 Å². The van der Waals surface area contributed by atoms with E-state index in [-0.39, 0.29) is 11.8 Å². The van der Waals surface area contributed by atoms with Crippen LogP contribution in [0.2, 0.25) is 0 Å². The first-order valence-electron chi connectivity index (χ1n) is 9.15. The summed E-state index contributed by atoms with van der Waals surface area (Å²) in [5, 5.41) is 5.49. The zero-order valence-corrected chi connectivity index (χ0v) is 16.6. The Balaban J connectivity index is 2.22. The first kappa shape index (κ1) is 21.1. The van der Waals surface area contributed by atoms with Gasteiger partial charge in [0.1, 0.15) is 5.75 Å². The maximum Gasteiger partial charge on any atom is 0.255 e. The summed E-state index contributed by atoms with van der Waals surface area (Å²) >= 11 is 0. The van der Waals surface area contributed by atoms with Gasteiger partial charge in [0.15, 0.2) is 11.5 Å². The van der Waals surface area contributed by atoms with Gasteiger partial charge in [-0.3, -0.25) is 9.59 Å². The number of carbonyl (C=O) groups is 2. The summed E-state index contributed by atoms with van der Waals surface area (Å²) in [5.74, 6) is 1.10. The Morgan fingerprint density at radius 3 is 2.32 bits per heavy atom. The summed E-state index contributed by atoms with van der Waals surface area (Å²) < 4.78 is 16.5. The number of anilines is 2. The molecule has 0 fully saturated rings. The average Bonchev–Trinajstić information content (AvgIpc) is 2.67. The Kier molecular flexibility index (Phi) is 7.68. The van der Waals surface area contributed by atoms with Crippen LogP contribution in [-0.2, 0) is 4.79 Å². The van der Waals surface area contributed by atoms with Gasteiger partial charge in [0.25, 0.3) is 5.91 Å². The topological polar surface area (TPSA) is 85.9 Å². The van der Waals surface area contributed by atoms with Crippen molar-refractivity contribution < 1.29 is 23.8 Å². The van der Waals surface area contributed by atoms with E-state index in [2.05, 4.69) is 10.6 Å². The summed E-state index contributed by atoms with van der Waals surface area (Å²) in [6, 6.07) is 10.1. The van der Waals surface area contributed by atoms with Crippen molar-refractivity contribution in [2.45, 2.75) is 27.2 Å². The van der Waals surface area contributed by atoms with Crippen LogP contribution in [0.4, 0.5) is 11.4 Å². The molecule has 0 saturated carbocycles. The molecule has 0 radical (unpaired) electrons. The van der Waals surface area contributed by atoms with Crippen LogP contribution in [0.25, 0.3) is 0 Å². The second-order valence-corrected chi connectivity index (χ2v) is 5.99. The smallest absolute Gasteiger partial charge is 0.255 e. The van der Waals surface area contributed by atoms with Crippen LogP contribution < -0.4 is 24.8 Å². The maximum absolute atomic E-state index is 12.7. The predicted molar refractivity (Wildman–Crippen MR) is 109 cm³/mol. The number of carbonyl (C=O) groups excluding carboxylic acids is 2. The highest BCUT2D eigenvalue weighted by Gasteiger charge is 2.13. The minimum absolute atomic E-state index is 0.231. The van der Waals surface area contributed by atoms with Crippen LogP contribution in [0.3, 0.4) is 0 Å². The van der Waals surface area contributed by atoms with E-state index in [1.165, 1.54) is 14.0 Å². The third kappa shape index (κ3) is 5.64. The number of nitrogens with one attached hydrogen (secondary N) is 2. The second-order valence-electron chi connectivity index (χ2n) is 5.99. The maximum atomic E-state index is 12.7. The van der Waals surface area contributed by atoms with Crippen LogP contribution in [0.5, 0.6) is 17.2 Å². The molecular formula is C21H26N2O5. The lowest BCUT2D eigenvalue weighted by atomic mass is 10.1. The zero-order valence-electron chi connectivity index (χ0n) is 16.6. The molecule has 2 rings (SSSR count). The van der Waals surface area contributed by atoms with Crippen molar-refractivity contribution >= 4 is 23.2 Å². The largest absolute Gasteiger partial charge is 0.495 e. The van der Waals surface area contributed by atoms with Gasteiger partial charge in [-0.05, 0) is 49.7 Å². The highest BCUT2D eigenvalue weighted by Crippen LogP contribution is 2.30. The molecule has 28 heavy (non-hydrogen) atoms. The number of benzene rings is 2. The van der Waals surface area contributed by atoms with Crippen LogP contribution in [0.1, 0.15) is 37.6 Å². The van der Waals surface area contributed by atoms with Crippen LogP contribution in [-0.4, -0.2) is 32.1 Å². The SMILES string of the molecule is CCCOc1ccc(C(=O)Nc2ccc(OC)c(NC(C)=O)c2)cc1OCC. The van der Waals surface area contributed by atoms with Gasteiger partial charge in [0.2, 0.25) is 5.91 Å². The van der Waals surface area contributed by atoms with E-state index in [9.17, 15) is 9.59 Å². The lowest BCUT2D eigenvalue weighted by Gasteiger charge is -2.14. The molecule has 7 nitrogen and oxygen atoms in total. The molecule has 0 heterocycles. The molecule has 0 aliphatic rings. The molecular weight excluding hydrogens is 360 g/mol. The number of rotatable bonds is 9. The highest BCUT2D eigenvalue weighted by molar-refractivity contribution is 6.05. The highest BCUT2D eigenvalue weighted by atomic mass is 16.5. The molecule has 0 aliphatic heterocycles. The van der Waals surface area contributed by atoms with Gasteiger partial charge in [-0.1, -0.05) is 6.92 Å². The number of methoxy groups -OCH3 is 1. The van der Waals surface area contributed by atoms with E-state index < -0.39 is 0 Å². The Hall–Kier alpha value is -3.22. The van der Waals surface area contributed by atoms with Crippen molar-refractivity contribution in [1.82, 2.24) is 0 Å². The number of amides is 2. The minimum Gasteiger partial charge on any atom is -0.495 e. The van der Waals surface area contributed by atoms with Crippen LogP contribution in [0, 0.1) is 0 Å². The van der Waals surface area contributed by atoms with Crippen molar-refractivity contribution in [3.63, 3.8) is 0 Å². The summed E-state index contributed by atoms with van der Waals surface area (Å²) in [6.45, 7) is 6.33. The number of hydrogen-bond acceptors (Lipinski definition) is 5. The lowest BCUT2D eigenvalue weighted by molar-refractivity contribution is -0.114. The number of ether oxygens (including phenoxy) is 3. The van der Waals surface area contributed by atoms with Gasteiger partial charge in [-0.15, -0.1) is 0 Å². The van der Waals surface area contributed by atoms with E-state index in [1.54, 1.807) is 36.4 Å². The molecule has 0 atom stereocenters. The molecule has 150 valence electrons. The molecule has 0 aliphatic carbocycles. The Morgan fingerprint density at radius 2 is 1.68 bits per heavy atom. The number of hydrogen-bond donors (Lipinski definition) is 2. The van der Waals surface area contributed by atoms with E-state index in [4.69, 9.17) is 14.2 Å². The zero-order chi connectivity index (χ0) is 20.5. The molecule has 0 bridgehead atoms. The summed E-state index contributed by atoms with van der Waals surface area (Å²) in [5.41, 5.74) is 1.44. The Morgan fingerprint density at radius 1 is 0.929 bits per heavy atom. The fraction of sp³-hybridized carbons (Fsp3) is 0.333. The third-order valence-corrected chi connectivity index (χ3v) is 3.74. The molecule has 0 spiro atoms. The Bertz CT molecular complexity index is 836. The third-order valence-electron chi connectivity index (χ3n) is 3.74. The summed E-state index contributed by atoms with van der Waals surface area (Å²) in [7, 11) is 1.51. The van der Waals surface area contributed by atoms with Gasteiger partial charge in [0.05, 0.1) is 26.0 Å². The van der Waals surface area contributed by atoms with E-state index in [1.807, 2.05) is 13.8 Å². The molecule has 2 aromatic rings. The monoisotopic (exact) mass is 386 g/mol.